The molecular weight excluding hydrogens is 603 g/mol. The molecule has 0 radical (unpaired) electrons. The van der Waals surface area contributed by atoms with E-state index < -0.39 is 51.8 Å². The van der Waals surface area contributed by atoms with Gasteiger partial charge in [-0.25, -0.2) is 4.79 Å². The van der Waals surface area contributed by atoms with Crippen LogP contribution < -0.4 is 4.74 Å². The number of likely N-dealkylation sites (N-methyl/N-ethyl adjacent to an activating group) is 1. The Morgan fingerprint density at radius 3 is 2.30 bits per heavy atom. The van der Waals surface area contributed by atoms with Crippen molar-refractivity contribution in [3.8, 4) is 5.75 Å². The second-order valence-corrected chi connectivity index (χ2v) is 11.6. The monoisotopic (exact) mass is 620 g/mol. The summed E-state index contributed by atoms with van der Waals surface area (Å²) in [6, 6.07) is 7.25. The van der Waals surface area contributed by atoms with Gasteiger partial charge < -0.3 is 19.3 Å². The smallest absolute Gasteiger partial charge is 0.419 e. The van der Waals surface area contributed by atoms with Gasteiger partial charge in [-0.1, -0.05) is 64.1 Å². The normalized spacial score (nSPS) is 18.1. The molecule has 0 unspecified atom stereocenters. The molecular formula is C23H20Cl5F3N2O4. The van der Waals surface area contributed by atoms with Gasteiger partial charge in [-0.15, -0.1) is 0 Å². The van der Waals surface area contributed by atoms with Crippen molar-refractivity contribution in [3.05, 3.63) is 63.1 Å². The Bertz CT molecular complexity index is 1180. The SMILES string of the molecule is COc1ccc(C(=O)N(C)[C@@H]2CN(C(=O)OCC(Cl)(Cl)Cl)C[C@H]2c2ccc(Cl)c(Cl)c2)cc1C(F)(F)F. The summed E-state index contributed by atoms with van der Waals surface area (Å²) in [6.45, 7) is -0.417. The Kier molecular flexibility index (Phi) is 9.28. The number of halogens is 8. The number of carbonyl (C=O) groups excluding carboxylic acids is 2. The van der Waals surface area contributed by atoms with E-state index in [4.69, 9.17) is 67.5 Å². The van der Waals surface area contributed by atoms with Gasteiger partial charge in [0.15, 0.2) is 0 Å². The molecule has 0 aromatic heterocycles. The molecule has 0 saturated carbocycles. The number of rotatable bonds is 5. The summed E-state index contributed by atoms with van der Waals surface area (Å²) in [6.07, 6.45) is -5.53. The number of methoxy groups -OCH3 is 1. The Balaban J connectivity index is 1.93. The van der Waals surface area contributed by atoms with Crippen molar-refractivity contribution in [3.63, 3.8) is 0 Å². The van der Waals surface area contributed by atoms with Crippen molar-refractivity contribution in [2.75, 3.05) is 33.9 Å². The van der Waals surface area contributed by atoms with Crippen molar-refractivity contribution in [2.24, 2.45) is 0 Å². The average molecular weight is 623 g/mol. The Morgan fingerprint density at radius 2 is 1.73 bits per heavy atom. The fourth-order valence-electron chi connectivity index (χ4n) is 4.05. The summed E-state index contributed by atoms with van der Waals surface area (Å²) in [4.78, 5) is 28.6. The highest BCUT2D eigenvalue weighted by atomic mass is 35.6. The molecule has 1 heterocycles. The van der Waals surface area contributed by atoms with Crippen molar-refractivity contribution in [1.29, 1.82) is 0 Å². The first-order valence-corrected chi connectivity index (χ1v) is 12.5. The number of benzene rings is 2. The zero-order valence-corrected chi connectivity index (χ0v) is 23.1. The van der Waals surface area contributed by atoms with Crippen LogP contribution in [0.4, 0.5) is 18.0 Å². The number of hydrogen-bond donors (Lipinski definition) is 0. The van der Waals surface area contributed by atoms with Crippen LogP contribution in [0.3, 0.4) is 0 Å². The summed E-state index contributed by atoms with van der Waals surface area (Å²) < 4.78 is 48.6. The highest BCUT2D eigenvalue weighted by Crippen LogP contribution is 2.38. The summed E-state index contributed by atoms with van der Waals surface area (Å²) >= 11 is 29.2. The molecule has 2 aromatic carbocycles. The number of hydrogen-bond acceptors (Lipinski definition) is 4. The molecule has 37 heavy (non-hydrogen) atoms. The number of ether oxygens (including phenoxy) is 2. The molecule has 1 aliphatic rings. The summed E-state index contributed by atoms with van der Waals surface area (Å²) in [5.74, 6) is -1.59. The van der Waals surface area contributed by atoms with Crippen LogP contribution in [0.25, 0.3) is 0 Å². The molecule has 202 valence electrons. The van der Waals surface area contributed by atoms with Crippen LogP contribution in [0, 0.1) is 0 Å². The molecule has 6 nitrogen and oxygen atoms in total. The topological polar surface area (TPSA) is 59.1 Å². The Hall–Kier alpha value is -1.78. The summed E-state index contributed by atoms with van der Waals surface area (Å²) in [5.41, 5.74) is -0.638. The summed E-state index contributed by atoms with van der Waals surface area (Å²) in [7, 11) is 2.54. The molecule has 3 rings (SSSR count). The number of alkyl halides is 6. The first-order valence-electron chi connectivity index (χ1n) is 10.6. The van der Waals surface area contributed by atoms with E-state index in [1.165, 1.54) is 22.9 Å². The number of nitrogens with zero attached hydrogens (tertiary/aromatic N) is 2. The quantitative estimate of drug-likeness (QED) is 0.335. The van der Waals surface area contributed by atoms with Gasteiger partial charge in [0.05, 0.1) is 28.8 Å². The van der Waals surface area contributed by atoms with Crippen molar-refractivity contribution in [1.82, 2.24) is 9.80 Å². The van der Waals surface area contributed by atoms with Crippen LogP contribution in [0.2, 0.25) is 10.0 Å². The Morgan fingerprint density at radius 1 is 1.05 bits per heavy atom. The second kappa shape index (κ2) is 11.5. The van der Waals surface area contributed by atoms with Crippen LogP contribution in [0.15, 0.2) is 36.4 Å². The van der Waals surface area contributed by atoms with E-state index in [-0.39, 0.29) is 23.7 Å². The third-order valence-corrected chi connectivity index (χ3v) is 6.91. The van der Waals surface area contributed by atoms with E-state index in [2.05, 4.69) is 0 Å². The average Bonchev–Trinajstić information content (AvgIpc) is 3.27. The van der Waals surface area contributed by atoms with Gasteiger partial charge in [-0.3, -0.25) is 4.79 Å². The third kappa shape index (κ3) is 7.20. The van der Waals surface area contributed by atoms with Crippen molar-refractivity contribution >= 4 is 70.0 Å². The lowest BCUT2D eigenvalue weighted by molar-refractivity contribution is -0.138. The van der Waals surface area contributed by atoms with Gasteiger partial charge in [0.25, 0.3) is 5.91 Å². The molecule has 0 aliphatic carbocycles. The first kappa shape index (κ1) is 29.8. The number of likely N-dealkylation sites (tertiary alicyclic amines) is 1. The lowest BCUT2D eigenvalue weighted by atomic mass is 9.93. The predicted octanol–water partition coefficient (Wildman–Crippen LogP) is 7.07. The molecule has 2 amide bonds. The van der Waals surface area contributed by atoms with E-state index in [9.17, 15) is 22.8 Å². The largest absolute Gasteiger partial charge is 0.496 e. The zero-order valence-electron chi connectivity index (χ0n) is 19.3. The van der Waals surface area contributed by atoms with Crippen LogP contribution in [-0.4, -0.2) is 65.5 Å². The minimum Gasteiger partial charge on any atom is -0.496 e. The first-order chi connectivity index (χ1) is 17.1. The van der Waals surface area contributed by atoms with E-state index in [1.807, 2.05) is 0 Å². The highest BCUT2D eigenvalue weighted by molar-refractivity contribution is 6.67. The summed E-state index contributed by atoms with van der Waals surface area (Å²) in [5, 5.41) is 0.565. The fraction of sp³-hybridized carbons (Fsp3) is 0.391. The van der Waals surface area contributed by atoms with Gasteiger partial charge >= 0.3 is 12.3 Å². The maximum Gasteiger partial charge on any atom is 0.419 e. The minimum atomic E-state index is -4.74. The zero-order chi connectivity index (χ0) is 27.7. The third-order valence-electron chi connectivity index (χ3n) is 5.85. The van der Waals surface area contributed by atoms with Crippen LogP contribution >= 0.6 is 58.0 Å². The minimum absolute atomic E-state index is 0.00583. The van der Waals surface area contributed by atoms with Crippen LogP contribution in [0.1, 0.15) is 27.4 Å². The van der Waals surface area contributed by atoms with Gasteiger partial charge in [0.2, 0.25) is 3.79 Å². The maximum absolute atomic E-state index is 13.5. The van der Waals surface area contributed by atoms with E-state index >= 15 is 0 Å². The molecule has 0 bridgehead atoms. The predicted molar refractivity (Wildman–Crippen MR) is 136 cm³/mol. The number of amides is 2. The highest BCUT2D eigenvalue weighted by Gasteiger charge is 2.42. The Labute approximate surface area is 236 Å². The molecule has 1 saturated heterocycles. The van der Waals surface area contributed by atoms with E-state index in [1.54, 1.807) is 18.2 Å². The van der Waals surface area contributed by atoms with E-state index in [0.29, 0.717) is 10.6 Å². The van der Waals surface area contributed by atoms with Crippen molar-refractivity contribution < 1.29 is 32.2 Å². The fourth-order valence-corrected chi connectivity index (χ4v) is 4.52. The number of carbonyl (C=O) groups is 2. The maximum atomic E-state index is 13.5. The van der Waals surface area contributed by atoms with Crippen molar-refractivity contribution in [2.45, 2.75) is 21.9 Å². The molecule has 2 atom stereocenters. The molecule has 14 heteroatoms. The lowest BCUT2D eigenvalue weighted by Gasteiger charge is -2.29. The van der Waals surface area contributed by atoms with Gasteiger partial charge in [0.1, 0.15) is 12.4 Å². The molecule has 1 fully saturated rings. The second-order valence-electron chi connectivity index (χ2n) is 8.25. The van der Waals surface area contributed by atoms with Gasteiger partial charge in [-0.2, -0.15) is 13.2 Å². The van der Waals surface area contributed by atoms with Gasteiger partial charge in [0, 0.05) is 31.6 Å². The molecule has 0 N–H and O–H groups in total. The molecule has 0 spiro atoms. The standard InChI is InChI=1S/C23H20Cl5F3N2O4/c1-32(20(34)13-4-6-19(36-2)15(7-13)23(29,30)31)18-10-33(21(35)37-11-22(26,27)28)9-14(18)12-3-5-16(24)17(25)8-12/h3-8,14,18H,9-11H2,1-2H3/t14-,18+/m0/s1. The lowest BCUT2D eigenvalue weighted by Crippen LogP contribution is -2.42. The molecule has 2 aromatic rings. The van der Waals surface area contributed by atoms with Crippen LogP contribution in [0.5, 0.6) is 5.75 Å². The van der Waals surface area contributed by atoms with E-state index in [0.717, 1.165) is 19.2 Å². The van der Waals surface area contributed by atoms with Gasteiger partial charge in [-0.05, 0) is 35.9 Å². The molecule has 1 aliphatic heterocycles. The van der Waals surface area contributed by atoms with Crippen LogP contribution in [-0.2, 0) is 10.9 Å².